The highest BCUT2D eigenvalue weighted by molar-refractivity contribution is 6.17. The van der Waals surface area contributed by atoms with E-state index in [0.29, 0.717) is 25.7 Å². The number of rotatable bonds is 7. The molecule has 1 rings (SSSR count). The molecule has 0 aromatic heterocycles. The van der Waals surface area contributed by atoms with E-state index in [1.165, 1.54) is 6.07 Å². The first kappa shape index (κ1) is 13.3. The molecule has 0 saturated heterocycles. The molecule has 0 unspecified atom stereocenters. The summed E-state index contributed by atoms with van der Waals surface area (Å²) in [5.41, 5.74) is 0.744. The molecular formula is C12H16ClFO2. The highest BCUT2D eigenvalue weighted by Gasteiger charge is 2.03. The lowest BCUT2D eigenvalue weighted by Gasteiger charge is -2.08. The first-order chi connectivity index (χ1) is 7.77. The fourth-order valence-corrected chi connectivity index (χ4v) is 1.37. The van der Waals surface area contributed by atoms with Crippen LogP contribution in [-0.2, 0) is 10.6 Å². The highest BCUT2D eigenvalue weighted by Crippen LogP contribution is 2.19. The molecule has 0 saturated carbocycles. The van der Waals surface area contributed by atoms with E-state index < -0.39 is 0 Å². The SMILES string of the molecule is CCCOCCOc1ccc(CCl)cc1F. The summed E-state index contributed by atoms with van der Waals surface area (Å²) in [6, 6.07) is 4.72. The van der Waals surface area contributed by atoms with Gasteiger partial charge in [-0.3, -0.25) is 0 Å². The topological polar surface area (TPSA) is 18.5 Å². The molecule has 1 aromatic rings. The zero-order valence-corrected chi connectivity index (χ0v) is 10.1. The smallest absolute Gasteiger partial charge is 0.165 e. The van der Waals surface area contributed by atoms with Crippen LogP contribution in [-0.4, -0.2) is 19.8 Å². The standard InChI is InChI=1S/C12H16ClFO2/c1-2-5-15-6-7-16-12-4-3-10(9-13)8-11(12)14/h3-4,8H,2,5-7,9H2,1H3. The first-order valence-electron chi connectivity index (χ1n) is 5.33. The molecule has 0 aliphatic carbocycles. The van der Waals surface area contributed by atoms with Gasteiger partial charge in [-0.15, -0.1) is 11.6 Å². The van der Waals surface area contributed by atoms with Crippen molar-refractivity contribution >= 4 is 11.6 Å². The Labute approximate surface area is 100 Å². The lowest BCUT2D eigenvalue weighted by Crippen LogP contribution is -2.08. The van der Waals surface area contributed by atoms with Crippen LogP contribution in [0.3, 0.4) is 0 Å². The average Bonchev–Trinajstić information content (AvgIpc) is 2.30. The summed E-state index contributed by atoms with van der Waals surface area (Å²) in [6.45, 7) is 3.57. The van der Waals surface area contributed by atoms with E-state index in [0.717, 1.165) is 12.0 Å². The number of ether oxygens (including phenoxy) is 2. The van der Waals surface area contributed by atoms with Gasteiger partial charge >= 0.3 is 0 Å². The molecule has 1 aromatic carbocycles. The normalized spacial score (nSPS) is 10.4. The third kappa shape index (κ3) is 4.37. The van der Waals surface area contributed by atoms with Gasteiger partial charge in [0.05, 0.1) is 6.61 Å². The fraction of sp³-hybridized carbons (Fsp3) is 0.500. The lowest BCUT2D eigenvalue weighted by molar-refractivity contribution is 0.0992. The number of alkyl halides is 1. The van der Waals surface area contributed by atoms with Crippen LogP contribution >= 0.6 is 11.6 Å². The molecule has 0 bridgehead atoms. The van der Waals surface area contributed by atoms with Crippen molar-refractivity contribution in [2.24, 2.45) is 0 Å². The molecule has 90 valence electrons. The van der Waals surface area contributed by atoms with Gasteiger partial charge in [-0.25, -0.2) is 4.39 Å². The summed E-state index contributed by atoms with van der Waals surface area (Å²) in [7, 11) is 0. The summed E-state index contributed by atoms with van der Waals surface area (Å²) in [5, 5.41) is 0. The van der Waals surface area contributed by atoms with Crippen LogP contribution in [0, 0.1) is 5.82 Å². The van der Waals surface area contributed by atoms with Crippen LogP contribution < -0.4 is 4.74 Å². The lowest BCUT2D eigenvalue weighted by atomic mass is 10.2. The van der Waals surface area contributed by atoms with Gasteiger partial charge in [-0.1, -0.05) is 13.0 Å². The van der Waals surface area contributed by atoms with Gasteiger partial charge in [0.1, 0.15) is 6.61 Å². The van der Waals surface area contributed by atoms with Crippen LogP contribution in [0.1, 0.15) is 18.9 Å². The van der Waals surface area contributed by atoms with Gasteiger partial charge in [-0.2, -0.15) is 0 Å². The third-order valence-corrected chi connectivity index (χ3v) is 2.29. The maximum Gasteiger partial charge on any atom is 0.165 e. The molecular weight excluding hydrogens is 231 g/mol. The van der Waals surface area contributed by atoms with E-state index in [2.05, 4.69) is 0 Å². The second-order valence-corrected chi connectivity index (χ2v) is 3.63. The van der Waals surface area contributed by atoms with Gasteiger partial charge in [0.2, 0.25) is 0 Å². The summed E-state index contributed by atoms with van der Waals surface area (Å²) in [5.74, 6) is 0.166. The van der Waals surface area contributed by atoms with Crippen molar-refractivity contribution in [3.63, 3.8) is 0 Å². The largest absolute Gasteiger partial charge is 0.488 e. The van der Waals surface area contributed by atoms with Gasteiger partial charge in [0.15, 0.2) is 11.6 Å². The van der Waals surface area contributed by atoms with Gasteiger partial charge in [0.25, 0.3) is 0 Å². The van der Waals surface area contributed by atoms with Gasteiger partial charge in [0, 0.05) is 12.5 Å². The predicted octanol–water partition coefficient (Wildman–Crippen LogP) is 3.37. The number of hydrogen-bond acceptors (Lipinski definition) is 2. The molecule has 0 amide bonds. The van der Waals surface area contributed by atoms with Crippen molar-refractivity contribution in [3.8, 4) is 5.75 Å². The molecule has 0 spiro atoms. The first-order valence-corrected chi connectivity index (χ1v) is 5.86. The summed E-state index contributed by atoms with van der Waals surface area (Å²) in [4.78, 5) is 0. The number of hydrogen-bond donors (Lipinski definition) is 0. The Morgan fingerprint density at radius 2 is 2.06 bits per heavy atom. The van der Waals surface area contributed by atoms with Crippen molar-refractivity contribution < 1.29 is 13.9 Å². The van der Waals surface area contributed by atoms with Crippen molar-refractivity contribution in [2.75, 3.05) is 19.8 Å². The Kier molecular flexibility index (Phi) is 6.19. The Balaban J connectivity index is 2.36. The van der Waals surface area contributed by atoms with E-state index in [1.54, 1.807) is 12.1 Å². The second kappa shape index (κ2) is 7.47. The van der Waals surface area contributed by atoms with E-state index in [1.807, 2.05) is 6.92 Å². The Bertz CT molecular complexity index is 318. The van der Waals surface area contributed by atoms with Crippen LogP contribution in [0.4, 0.5) is 4.39 Å². The maximum atomic E-state index is 13.4. The third-order valence-electron chi connectivity index (χ3n) is 1.98. The molecule has 0 aliphatic rings. The summed E-state index contributed by atoms with van der Waals surface area (Å²) < 4.78 is 23.8. The Morgan fingerprint density at radius 1 is 1.25 bits per heavy atom. The Morgan fingerprint density at radius 3 is 2.69 bits per heavy atom. The minimum absolute atomic E-state index is 0.244. The van der Waals surface area contributed by atoms with Crippen molar-refractivity contribution in [2.45, 2.75) is 19.2 Å². The second-order valence-electron chi connectivity index (χ2n) is 3.36. The average molecular weight is 247 g/mol. The molecule has 0 radical (unpaired) electrons. The highest BCUT2D eigenvalue weighted by atomic mass is 35.5. The molecule has 0 N–H and O–H groups in total. The Hall–Kier alpha value is -0.800. The maximum absolute atomic E-state index is 13.4. The fourth-order valence-electron chi connectivity index (χ4n) is 1.20. The molecule has 0 heterocycles. The predicted molar refractivity (Wildman–Crippen MR) is 62.6 cm³/mol. The molecule has 0 atom stereocenters. The minimum atomic E-state index is -0.381. The van der Waals surface area contributed by atoms with E-state index in [4.69, 9.17) is 21.1 Å². The molecule has 0 aliphatic heterocycles. The van der Waals surface area contributed by atoms with Gasteiger partial charge < -0.3 is 9.47 Å². The molecule has 16 heavy (non-hydrogen) atoms. The number of halogens is 2. The van der Waals surface area contributed by atoms with E-state index >= 15 is 0 Å². The molecule has 0 fully saturated rings. The van der Waals surface area contributed by atoms with Crippen molar-refractivity contribution in [1.82, 2.24) is 0 Å². The van der Waals surface area contributed by atoms with Crippen molar-refractivity contribution in [1.29, 1.82) is 0 Å². The van der Waals surface area contributed by atoms with Crippen LogP contribution in [0.5, 0.6) is 5.75 Å². The minimum Gasteiger partial charge on any atom is -0.488 e. The number of benzene rings is 1. The zero-order chi connectivity index (χ0) is 11.8. The zero-order valence-electron chi connectivity index (χ0n) is 9.34. The summed E-state index contributed by atoms with van der Waals surface area (Å²) in [6.07, 6.45) is 0.971. The monoisotopic (exact) mass is 246 g/mol. The summed E-state index contributed by atoms with van der Waals surface area (Å²) >= 11 is 5.59. The molecule has 2 nitrogen and oxygen atoms in total. The van der Waals surface area contributed by atoms with Crippen molar-refractivity contribution in [3.05, 3.63) is 29.6 Å². The van der Waals surface area contributed by atoms with Crippen LogP contribution in [0.15, 0.2) is 18.2 Å². The van der Waals surface area contributed by atoms with Crippen LogP contribution in [0.25, 0.3) is 0 Å². The van der Waals surface area contributed by atoms with E-state index in [9.17, 15) is 4.39 Å². The quantitative estimate of drug-likeness (QED) is 0.543. The van der Waals surface area contributed by atoms with E-state index in [-0.39, 0.29) is 11.6 Å². The van der Waals surface area contributed by atoms with Gasteiger partial charge in [-0.05, 0) is 24.1 Å². The van der Waals surface area contributed by atoms with Crippen LogP contribution in [0.2, 0.25) is 0 Å². The molecule has 4 heteroatoms.